The van der Waals surface area contributed by atoms with Crippen LogP contribution in [0.5, 0.6) is 0 Å². The van der Waals surface area contributed by atoms with Gasteiger partial charge in [-0.1, -0.05) is 245 Å². The maximum Gasteiger partial charge on any atom is 1.00 e. The Balaban J connectivity index is 0. The molecule has 0 N–H and O–H groups in total. The third-order valence-electron chi connectivity index (χ3n) is 11.3. The van der Waals surface area contributed by atoms with Crippen LogP contribution in [0.15, 0.2) is 0 Å². The molecule has 0 aliphatic rings. The molecular formula is C47H94NNaO2. The Bertz CT molecular complexity index is 587. The number of carbonyl (C=O) groups excluding carboxylic acids is 1. The third-order valence-corrected chi connectivity index (χ3v) is 11.3. The summed E-state index contributed by atoms with van der Waals surface area (Å²) in [7, 11) is 0. The second kappa shape index (κ2) is 48.4. The summed E-state index contributed by atoms with van der Waals surface area (Å²) in [6.07, 6.45) is 56.2. The van der Waals surface area contributed by atoms with Gasteiger partial charge in [0.25, 0.3) is 0 Å². The fraction of sp³-hybridized carbons (Fsp3) is 0.979. The van der Waals surface area contributed by atoms with Gasteiger partial charge in [-0.2, -0.15) is 0 Å². The van der Waals surface area contributed by atoms with Gasteiger partial charge in [-0.25, -0.2) is 0 Å². The van der Waals surface area contributed by atoms with Crippen molar-refractivity contribution in [3.63, 3.8) is 0 Å². The number of hydrogen-bond donors (Lipinski definition) is 0. The van der Waals surface area contributed by atoms with Gasteiger partial charge in [0, 0.05) is 5.97 Å². The number of hydrogen-bond acceptors (Lipinski definition) is 3. The minimum Gasteiger partial charge on any atom is -0.550 e. The normalized spacial score (nSPS) is 11.4. The van der Waals surface area contributed by atoms with Gasteiger partial charge >= 0.3 is 29.6 Å². The van der Waals surface area contributed by atoms with Gasteiger partial charge in [0.05, 0.1) is 0 Å². The van der Waals surface area contributed by atoms with Gasteiger partial charge in [-0.15, -0.1) is 0 Å². The van der Waals surface area contributed by atoms with Crippen LogP contribution >= 0.6 is 0 Å². The first-order valence-electron chi connectivity index (χ1n) is 23.6. The second-order valence-corrected chi connectivity index (χ2v) is 16.4. The van der Waals surface area contributed by atoms with E-state index in [1.54, 1.807) is 0 Å². The van der Waals surface area contributed by atoms with Crippen molar-refractivity contribution in [3.05, 3.63) is 0 Å². The number of nitrogens with zero attached hydrogens (tertiary/aromatic N) is 1. The Hall–Kier alpha value is 0.430. The van der Waals surface area contributed by atoms with E-state index in [0.717, 1.165) is 19.4 Å². The molecule has 0 fully saturated rings. The molecule has 0 aromatic carbocycles. The number of unbranched alkanes of at least 4 members (excludes halogenated alkanes) is 37. The van der Waals surface area contributed by atoms with Gasteiger partial charge < -0.3 is 14.8 Å². The van der Waals surface area contributed by atoms with E-state index in [2.05, 4.69) is 18.7 Å². The van der Waals surface area contributed by atoms with E-state index < -0.39 is 5.97 Å². The Morgan fingerprint density at radius 1 is 0.314 bits per heavy atom. The van der Waals surface area contributed by atoms with E-state index >= 15 is 0 Å². The van der Waals surface area contributed by atoms with Crippen LogP contribution in [0.2, 0.25) is 0 Å². The van der Waals surface area contributed by atoms with Gasteiger partial charge in [0.15, 0.2) is 0 Å². The summed E-state index contributed by atoms with van der Waals surface area (Å²) < 4.78 is 0. The Morgan fingerprint density at radius 3 is 0.686 bits per heavy atom. The molecule has 0 amide bonds. The molecule has 3 nitrogen and oxygen atoms in total. The number of carboxylic acids is 1. The largest absolute Gasteiger partial charge is 1.00 e. The minimum absolute atomic E-state index is 0. The van der Waals surface area contributed by atoms with Crippen LogP contribution in [0, 0.1) is 0 Å². The summed E-state index contributed by atoms with van der Waals surface area (Å²) >= 11 is 0. The van der Waals surface area contributed by atoms with Crippen LogP contribution in [-0.2, 0) is 4.79 Å². The first-order valence-corrected chi connectivity index (χ1v) is 23.6. The monoisotopic (exact) mass is 728 g/mol. The van der Waals surface area contributed by atoms with E-state index in [0.29, 0.717) is 0 Å². The van der Waals surface area contributed by atoms with Gasteiger partial charge in [0.2, 0.25) is 0 Å². The minimum atomic E-state index is -0.894. The molecule has 0 aliphatic carbocycles. The average molecular weight is 728 g/mol. The van der Waals surface area contributed by atoms with Crippen molar-refractivity contribution in [2.75, 3.05) is 19.6 Å². The molecular weight excluding hydrogens is 634 g/mol. The summed E-state index contributed by atoms with van der Waals surface area (Å²) in [6.45, 7) is 8.06. The smallest absolute Gasteiger partial charge is 0.550 e. The Labute approximate surface area is 345 Å². The predicted octanol–water partition coefficient (Wildman–Crippen LogP) is 12.1. The van der Waals surface area contributed by atoms with Crippen LogP contribution in [0.25, 0.3) is 0 Å². The quantitative estimate of drug-likeness (QED) is 0.0463. The summed E-state index contributed by atoms with van der Waals surface area (Å²) in [5, 5.41) is 10.8. The van der Waals surface area contributed by atoms with E-state index in [1.165, 1.54) is 257 Å². The molecule has 0 radical (unpaired) electrons. The molecule has 51 heavy (non-hydrogen) atoms. The SMILES string of the molecule is CCCCCCCCCCCCCCCCCCCCCN(CCCCCCCCCCCCCCCCCCCCC)CCCCC(=O)[O-].[Na+]. The standard InChI is InChI=1S/C47H95NO2.Na/c1-3-5-7-9-11-13-15-17-19-21-23-25-27-29-31-33-35-37-40-44-48(46-42-39-43-47(49)50)45-41-38-36-34-32-30-28-26-24-22-20-18-16-14-12-10-8-6-4-2;/h3-46H2,1-2H3,(H,49,50);/q;+1/p-1. The predicted molar refractivity (Wildman–Crippen MR) is 222 cm³/mol. The van der Waals surface area contributed by atoms with Crippen LogP contribution < -0.4 is 34.7 Å². The zero-order valence-corrected chi connectivity index (χ0v) is 37.9. The number of carbonyl (C=O) groups is 1. The summed E-state index contributed by atoms with van der Waals surface area (Å²) in [4.78, 5) is 13.5. The molecule has 4 heteroatoms. The summed E-state index contributed by atoms with van der Waals surface area (Å²) in [5.74, 6) is -0.894. The average Bonchev–Trinajstić information content (AvgIpc) is 3.11. The van der Waals surface area contributed by atoms with E-state index in [4.69, 9.17) is 0 Å². The Morgan fingerprint density at radius 2 is 0.490 bits per heavy atom. The zero-order valence-electron chi connectivity index (χ0n) is 35.9. The molecule has 0 spiro atoms. The van der Waals surface area contributed by atoms with Crippen molar-refractivity contribution in [2.24, 2.45) is 0 Å². The molecule has 0 heterocycles. The number of carboxylic acid groups (broad SMARTS) is 1. The van der Waals surface area contributed by atoms with Crippen molar-refractivity contribution in [3.8, 4) is 0 Å². The summed E-state index contributed by atoms with van der Waals surface area (Å²) in [5.41, 5.74) is 0. The van der Waals surface area contributed by atoms with Crippen molar-refractivity contribution in [2.45, 2.75) is 277 Å². The molecule has 0 rings (SSSR count). The fourth-order valence-corrected chi connectivity index (χ4v) is 7.77. The first kappa shape index (κ1) is 53.5. The van der Waals surface area contributed by atoms with Crippen molar-refractivity contribution >= 4 is 5.97 Å². The van der Waals surface area contributed by atoms with Gasteiger partial charge in [-0.3, -0.25) is 0 Å². The van der Waals surface area contributed by atoms with Crippen LogP contribution in [0.4, 0.5) is 0 Å². The molecule has 0 aliphatic heterocycles. The molecule has 300 valence electrons. The van der Waals surface area contributed by atoms with Crippen molar-refractivity contribution in [1.29, 1.82) is 0 Å². The van der Waals surface area contributed by atoms with Gasteiger partial charge in [-0.05, 0) is 51.7 Å². The first-order chi connectivity index (χ1) is 24.7. The zero-order chi connectivity index (χ0) is 36.3. The molecule has 0 aromatic rings. The van der Waals surface area contributed by atoms with Crippen molar-refractivity contribution in [1.82, 2.24) is 4.90 Å². The maximum atomic E-state index is 10.8. The molecule has 0 aromatic heterocycles. The molecule has 0 saturated carbocycles. The van der Waals surface area contributed by atoms with Crippen molar-refractivity contribution < 1.29 is 39.5 Å². The second-order valence-electron chi connectivity index (χ2n) is 16.4. The summed E-state index contributed by atoms with van der Waals surface area (Å²) in [6, 6.07) is 0. The third kappa shape index (κ3) is 48.4. The molecule has 0 unspecified atom stereocenters. The van der Waals surface area contributed by atoms with Crippen LogP contribution in [0.3, 0.4) is 0 Å². The molecule has 0 atom stereocenters. The maximum absolute atomic E-state index is 10.8. The van der Waals surface area contributed by atoms with E-state index in [-0.39, 0.29) is 36.0 Å². The number of rotatable bonds is 45. The fourth-order valence-electron chi connectivity index (χ4n) is 7.77. The van der Waals surface area contributed by atoms with E-state index in [1.807, 2.05) is 0 Å². The number of aliphatic carboxylic acids is 1. The van der Waals surface area contributed by atoms with Crippen LogP contribution in [-0.4, -0.2) is 30.5 Å². The van der Waals surface area contributed by atoms with E-state index in [9.17, 15) is 9.90 Å². The topological polar surface area (TPSA) is 43.4 Å². The van der Waals surface area contributed by atoms with Crippen LogP contribution in [0.1, 0.15) is 277 Å². The molecule has 0 saturated heterocycles. The molecule has 0 bridgehead atoms. The Kier molecular flexibility index (Phi) is 50.9. The van der Waals surface area contributed by atoms with Gasteiger partial charge in [0.1, 0.15) is 0 Å².